The van der Waals surface area contributed by atoms with Gasteiger partial charge in [0.25, 0.3) is 0 Å². The highest BCUT2D eigenvalue weighted by Crippen LogP contribution is 2.32. The third kappa shape index (κ3) is 2.72. The van der Waals surface area contributed by atoms with Crippen molar-refractivity contribution in [2.24, 2.45) is 0 Å². The molecule has 0 spiro atoms. The first-order chi connectivity index (χ1) is 8.69. The zero-order chi connectivity index (χ0) is 13.0. The van der Waals surface area contributed by atoms with Crippen LogP contribution < -0.4 is 0 Å². The summed E-state index contributed by atoms with van der Waals surface area (Å²) in [5.74, 6) is 1.11. The molecule has 1 fully saturated rings. The van der Waals surface area contributed by atoms with Crippen LogP contribution in [0.1, 0.15) is 32.5 Å². The highest BCUT2D eigenvalue weighted by molar-refractivity contribution is 5.09. The van der Waals surface area contributed by atoms with Crippen LogP contribution >= 0.6 is 0 Å². The maximum absolute atomic E-state index is 5.15. The highest BCUT2D eigenvalue weighted by atomic mass is 16.5. The van der Waals surface area contributed by atoms with Crippen molar-refractivity contribution >= 4 is 0 Å². The topological polar surface area (TPSA) is 43.2 Å². The number of hydrogen-bond donors (Lipinski definition) is 0. The Morgan fingerprint density at radius 1 is 1.50 bits per heavy atom. The van der Waals surface area contributed by atoms with E-state index in [9.17, 15) is 0 Å². The van der Waals surface area contributed by atoms with Crippen LogP contribution in [0.2, 0.25) is 0 Å². The van der Waals surface area contributed by atoms with Gasteiger partial charge in [0.05, 0.1) is 6.61 Å². The summed E-state index contributed by atoms with van der Waals surface area (Å²) >= 11 is 0. The first-order valence-electron chi connectivity index (χ1n) is 6.79. The molecule has 1 saturated heterocycles. The molecule has 18 heavy (non-hydrogen) atoms. The summed E-state index contributed by atoms with van der Waals surface area (Å²) in [7, 11) is 1.73. The second-order valence-corrected chi connectivity index (χ2v) is 5.37. The van der Waals surface area contributed by atoms with Crippen molar-refractivity contribution in [3.05, 3.63) is 12.2 Å². The number of likely N-dealkylation sites (tertiary alicyclic amines) is 1. The van der Waals surface area contributed by atoms with Gasteiger partial charge in [-0.1, -0.05) is 13.8 Å². The summed E-state index contributed by atoms with van der Waals surface area (Å²) in [5.41, 5.74) is 0.124. The van der Waals surface area contributed by atoms with Crippen LogP contribution in [-0.4, -0.2) is 53.0 Å². The lowest BCUT2D eigenvalue weighted by Gasteiger charge is -2.39. The Bertz CT molecular complexity index is 379. The van der Waals surface area contributed by atoms with Gasteiger partial charge in [-0.05, 0) is 25.9 Å². The van der Waals surface area contributed by atoms with Gasteiger partial charge in [-0.25, -0.2) is 0 Å². The molecule has 0 amide bonds. The number of likely N-dealkylation sites (N-methyl/N-ethyl adjacent to an activating group) is 1. The van der Waals surface area contributed by atoms with E-state index in [1.807, 2.05) is 6.33 Å². The van der Waals surface area contributed by atoms with Crippen molar-refractivity contribution in [3.8, 4) is 0 Å². The van der Waals surface area contributed by atoms with Crippen molar-refractivity contribution in [2.75, 3.05) is 33.4 Å². The lowest BCUT2D eigenvalue weighted by Crippen LogP contribution is -2.45. The Hall–Kier alpha value is -0.940. The largest absolute Gasteiger partial charge is 0.383 e. The number of ether oxygens (including phenoxy) is 1. The first kappa shape index (κ1) is 13.5. The minimum atomic E-state index is 0.124. The van der Waals surface area contributed by atoms with Crippen molar-refractivity contribution in [1.29, 1.82) is 0 Å². The van der Waals surface area contributed by atoms with E-state index >= 15 is 0 Å². The van der Waals surface area contributed by atoms with Gasteiger partial charge < -0.3 is 14.2 Å². The zero-order valence-electron chi connectivity index (χ0n) is 11.7. The van der Waals surface area contributed by atoms with E-state index in [1.165, 1.54) is 19.4 Å². The highest BCUT2D eigenvalue weighted by Gasteiger charge is 2.36. The molecule has 1 aliphatic rings. The Morgan fingerprint density at radius 3 is 3.06 bits per heavy atom. The zero-order valence-corrected chi connectivity index (χ0v) is 11.7. The van der Waals surface area contributed by atoms with Crippen molar-refractivity contribution in [1.82, 2.24) is 19.7 Å². The number of piperidine rings is 1. The maximum atomic E-state index is 5.15. The second kappa shape index (κ2) is 5.80. The van der Waals surface area contributed by atoms with Crippen LogP contribution in [-0.2, 0) is 16.7 Å². The summed E-state index contributed by atoms with van der Waals surface area (Å²) in [6.07, 6.45) is 4.25. The Labute approximate surface area is 109 Å². The molecule has 0 unspecified atom stereocenters. The normalized spacial score (nSPS) is 25.5. The molecule has 5 nitrogen and oxygen atoms in total. The Morgan fingerprint density at radius 2 is 2.33 bits per heavy atom. The van der Waals surface area contributed by atoms with E-state index in [0.717, 1.165) is 25.5 Å². The van der Waals surface area contributed by atoms with Gasteiger partial charge in [-0.3, -0.25) is 0 Å². The van der Waals surface area contributed by atoms with E-state index in [-0.39, 0.29) is 5.41 Å². The van der Waals surface area contributed by atoms with Gasteiger partial charge >= 0.3 is 0 Å². The molecule has 0 saturated carbocycles. The molecule has 0 aromatic carbocycles. The molecule has 2 rings (SSSR count). The van der Waals surface area contributed by atoms with Gasteiger partial charge in [0.2, 0.25) is 0 Å². The summed E-state index contributed by atoms with van der Waals surface area (Å²) in [5, 5.41) is 8.45. The van der Waals surface area contributed by atoms with Crippen LogP contribution in [0, 0.1) is 0 Å². The lowest BCUT2D eigenvalue weighted by atomic mass is 9.81. The molecule has 0 N–H and O–H groups in total. The quantitative estimate of drug-likeness (QED) is 0.792. The fraction of sp³-hybridized carbons (Fsp3) is 0.846. The van der Waals surface area contributed by atoms with Gasteiger partial charge in [0, 0.05) is 25.6 Å². The predicted molar refractivity (Wildman–Crippen MR) is 70.6 cm³/mol. The minimum Gasteiger partial charge on any atom is -0.383 e. The third-order valence-corrected chi connectivity index (χ3v) is 3.91. The fourth-order valence-corrected chi connectivity index (χ4v) is 2.87. The summed E-state index contributed by atoms with van der Waals surface area (Å²) in [6.45, 7) is 9.47. The summed E-state index contributed by atoms with van der Waals surface area (Å²) in [6, 6.07) is 0. The van der Waals surface area contributed by atoms with E-state index in [2.05, 4.69) is 33.5 Å². The smallest absolute Gasteiger partial charge is 0.140 e. The van der Waals surface area contributed by atoms with E-state index < -0.39 is 0 Å². The standard InChI is InChI=1S/C13H24N4O/c1-4-16-7-5-6-13(2,10-16)12-15-14-11-17(12)8-9-18-3/h11H,4-10H2,1-3H3/t13-/m1/s1. The molecule has 1 aromatic rings. The third-order valence-electron chi connectivity index (χ3n) is 3.91. The summed E-state index contributed by atoms with van der Waals surface area (Å²) in [4.78, 5) is 2.50. The van der Waals surface area contributed by atoms with E-state index in [1.54, 1.807) is 7.11 Å². The molecule has 2 heterocycles. The van der Waals surface area contributed by atoms with Gasteiger partial charge in [-0.2, -0.15) is 0 Å². The summed E-state index contributed by atoms with van der Waals surface area (Å²) < 4.78 is 7.29. The van der Waals surface area contributed by atoms with Crippen molar-refractivity contribution in [2.45, 2.75) is 38.6 Å². The predicted octanol–water partition coefficient (Wildman–Crippen LogP) is 1.30. The average molecular weight is 252 g/mol. The first-order valence-corrected chi connectivity index (χ1v) is 6.79. The molecule has 1 aromatic heterocycles. The average Bonchev–Trinajstić information content (AvgIpc) is 2.85. The monoisotopic (exact) mass is 252 g/mol. The number of aromatic nitrogens is 3. The molecular weight excluding hydrogens is 228 g/mol. The molecule has 102 valence electrons. The SMILES string of the molecule is CCN1CCC[C@@](C)(c2nncn2CCOC)C1. The maximum Gasteiger partial charge on any atom is 0.140 e. The number of hydrogen-bond acceptors (Lipinski definition) is 4. The Balaban J connectivity index is 2.15. The van der Waals surface area contributed by atoms with Crippen LogP contribution in [0.5, 0.6) is 0 Å². The molecule has 1 aliphatic heterocycles. The van der Waals surface area contributed by atoms with Crippen LogP contribution in [0.4, 0.5) is 0 Å². The van der Waals surface area contributed by atoms with E-state index in [0.29, 0.717) is 6.61 Å². The molecule has 0 aliphatic carbocycles. The number of methoxy groups -OCH3 is 1. The van der Waals surface area contributed by atoms with Crippen LogP contribution in [0.15, 0.2) is 6.33 Å². The molecule has 5 heteroatoms. The molecule has 0 bridgehead atoms. The van der Waals surface area contributed by atoms with Gasteiger partial charge in [0.1, 0.15) is 12.2 Å². The molecule has 0 radical (unpaired) electrons. The fourth-order valence-electron chi connectivity index (χ4n) is 2.87. The van der Waals surface area contributed by atoms with E-state index in [4.69, 9.17) is 4.74 Å². The van der Waals surface area contributed by atoms with Crippen LogP contribution in [0.25, 0.3) is 0 Å². The second-order valence-electron chi connectivity index (χ2n) is 5.37. The van der Waals surface area contributed by atoms with Gasteiger partial charge in [0.15, 0.2) is 0 Å². The van der Waals surface area contributed by atoms with Crippen LogP contribution in [0.3, 0.4) is 0 Å². The minimum absolute atomic E-state index is 0.124. The molecular formula is C13H24N4O. The number of nitrogens with zero attached hydrogens (tertiary/aromatic N) is 4. The van der Waals surface area contributed by atoms with Crippen molar-refractivity contribution < 1.29 is 4.74 Å². The Kier molecular flexibility index (Phi) is 4.35. The van der Waals surface area contributed by atoms with Crippen molar-refractivity contribution in [3.63, 3.8) is 0 Å². The molecule has 1 atom stereocenters. The number of rotatable bonds is 5. The van der Waals surface area contributed by atoms with Gasteiger partial charge in [-0.15, -0.1) is 10.2 Å². The lowest BCUT2D eigenvalue weighted by molar-refractivity contribution is 0.149.